The zero-order chi connectivity index (χ0) is 16.7. The lowest BCUT2D eigenvalue weighted by atomic mass is 10.1. The van der Waals surface area contributed by atoms with Crippen LogP contribution >= 0.6 is 0 Å². The second-order valence-corrected chi connectivity index (χ2v) is 5.78. The molecular formula is C18H23NO4. The summed E-state index contributed by atoms with van der Waals surface area (Å²) < 4.78 is 5.87. The van der Waals surface area contributed by atoms with Crippen LogP contribution in [0.4, 0.5) is 0 Å². The molecule has 0 heterocycles. The SMILES string of the molecule is C=CCCC(NC(=O)c1cccc(OC2CCCC2)c1)C(=O)O. The summed E-state index contributed by atoms with van der Waals surface area (Å²) in [4.78, 5) is 23.5. The molecule has 2 rings (SSSR count). The van der Waals surface area contributed by atoms with E-state index in [4.69, 9.17) is 9.84 Å². The average molecular weight is 317 g/mol. The van der Waals surface area contributed by atoms with E-state index in [9.17, 15) is 9.59 Å². The van der Waals surface area contributed by atoms with Crippen LogP contribution in [0, 0.1) is 0 Å². The third kappa shape index (κ3) is 5.13. The van der Waals surface area contributed by atoms with Crippen molar-refractivity contribution in [2.24, 2.45) is 0 Å². The maximum absolute atomic E-state index is 12.3. The molecule has 1 aromatic rings. The Morgan fingerprint density at radius 1 is 1.39 bits per heavy atom. The van der Waals surface area contributed by atoms with Crippen LogP contribution in [0.1, 0.15) is 48.9 Å². The number of carboxylic acid groups (broad SMARTS) is 1. The molecular weight excluding hydrogens is 294 g/mol. The molecule has 0 spiro atoms. The largest absolute Gasteiger partial charge is 0.490 e. The molecule has 0 saturated heterocycles. The van der Waals surface area contributed by atoms with Crippen molar-refractivity contribution in [3.05, 3.63) is 42.5 Å². The predicted molar refractivity (Wildman–Crippen MR) is 87.6 cm³/mol. The number of allylic oxidation sites excluding steroid dienone is 1. The second kappa shape index (κ2) is 8.36. The van der Waals surface area contributed by atoms with E-state index in [1.807, 2.05) is 6.07 Å². The first-order valence-corrected chi connectivity index (χ1v) is 8.01. The highest BCUT2D eigenvalue weighted by Crippen LogP contribution is 2.24. The number of nitrogens with one attached hydrogen (secondary N) is 1. The number of benzene rings is 1. The molecule has 1 aliphatic carbocycles. The number of rotatable bonds is 8. The number of carbonyl (C=O) groups is 2. The summed E-state index contributed by atoms with van der Waals surface area (Å²) in [6.45, 7) is 3.57. The molecule has 1 amide bonds. The minimum Gasteiger partial charge on any atom is -0.490 e. The molecule has 5 heteroatoms. The van der Waals surface area contributed by atoms with Gasteiger partial charge in [0.25, 0.3) is 5.91 Å². The van der Waals surface area contributed by atoms with E-state index in [0.29, 0.717) is 24.2 Å². The van der Waals surface area contributed by atoms with Gasteiger partial charge < -0.3 is 15.2 Å². The van der Waals surface area contributed by atoms with E-state index in [0.717, 1.165) is 12.8 Å². The fourth-order valence-electron chi connectivity index (χ4n) is 2.69. The highest BCUT2D eigenvalue weighted by Gasteiger charge is 2.21. The zero-order valence-corrected chi connectivity index (χ0v) is 13.2. The Morgan fingerprint density at radius 3 is 2.78 bits per heavy atom. The molecule has 1 aromatic carbocycles. The summed E-state index contributed by atoms with van der Waals surface area (Å²) in [5.74, 6) is -0.792. The van der Waals surface area contributed by atoms with Crippen molar-refractivity contribution in [1.29, 1.82) is 0 Å². The summed E-state index contributed by atoms with van der Waals surface area (Å²) in [6.07, 6.45) is 7.14. The van der Waals surface area contributed by atoms with Gasteiger partial charge in [0.05, 0.1) is 6.10 Å². The fourth-order valence-corrected chi connectivity index (χ4v) is 2.69. The van der Waals surface area contributed by atoms with Crippen LogP contribution in [0.15, 0.2) is 36.9 Å². The zero-order valence-electron chi connectivity index (χ0n) is 13.2. The van der Waals surface area contributed by atoms with E-state index in [-0.39, 0.29) is 6.10 Å². The van der Waals surface area contributed by atoms with Crippen molar-refractivity contribution in [3.8, 4) is 5.75 Å². The summed E-state index contributed by atoms with van der Waals surface area (Å²) >= 11 is 0. The van der Waals surface area contributed by atoms with E-state index in [1.165, 1.54) is 12.8 Å². The first-order chi connectivity index (χ1) is 11.1. The lowest BCUT2D eigenvalue weighted by molar-refractivity contribution is -0.139. The quantitative estimate of drug-likeness (QED) is 0.722. The summed E-state index contributed by atoms with van der Waals surface area (Å²) in [5, 5.41) is 11.7. The molecule has 2 N–H and O–H groups in total. The van der Waals surface area contributed by atoms with E-state index in [2.05, 4.69) is 11.9 Å². The molecule has 5 nitrogen and oxygen atoms in total. The molecule has 0 bridgehead atoms. The Hall–Kier alpha value is -2.30. The minimum atomic E-state index is -1.04. The van der Waals surface area contributed by atoms with E-state index < -0.39 is 17.9 Å². The normalized spacial score (nSPS) is 15.8. The third-order valence-corrected chi connectivity index (χ3v) is 3.96. The predicted octanol–water partition coefficient (Wildman–Crippen LogP) is 3.16. The molecule has 1 aliphatic rings. The summed E-state index contributed by atoms with van der Waals surface area (Å²) in [5.41, 5.74) is 0.408. The Kier molecular flexibility index (Phi) is 6.20. The maximum Gasteiger partial charge on any atom is 0.326 e. The molecule has 23 heavy (non-hydrogen) atoms. The van der Waals surface area contributed by atoms with Crippen molar-refractivity contribution in [3.63, 3.8) is 0 Å². The van der Waals surface area contributed by atoms with Gasteiger partial charge in [-0.15, -0.1) is 6.58 Å². The molecule has 124 valence electrons. The number of amides is 1. The smallest absolute Gasteiger partial charge is 0.326 e. The minimum absolute atomic E-state index is 0.215. The van der Waals surface area contributed by atoms with Crippen molar-refractivity contribution >= 4 is 11.9 Å². The second-order valence-electron chi connectivity index (χ2n) is 5.78. The molecule has 1 fully saturated rings. The Balaban J connectivity index is 2.00. The van der Waals surface area contributed by atoms with Crippen molar-refractivity contribution in [1.82, 2.24) is 5.32 Å². The maximum atomic E-state index is 12.3. The van der Waals surface area contributed by atoms with E-state index >= 15 is 0 Å². The van der Waals surface area contributed by atoms with Gasteiger partial charge in [0.2, 0.25) is 0 Å². The van der Waals surface area contributed by atoms with Gasteiger partial charge in [0, 0.05) is 5.56 Å². The monoisotopic (exact) mass is 317 g/mol. The van der Waals surface area contributed by atoms with Gasteiger partial charge in [-0.2, -0.15) is 0 Å². The highest BCUT2D eigenvalue weighted by atomic mass is 16.5. The summed E-state index contributed by atoms with van der Waals surface area (Å²) in [6, 6.07) is 5.98. The molecule has 0 radical (unpaired) electrons. The molecule has 0 aliphatic heterocycles. The standard InChI is InChI=1S/C18H23NO4/c1-2-3-11-16(18(21)22)19-17(20)13-7-6-10-15(12-13)23-14-8-4-5-9-14/h2,6-7,10,12,14,16H,1,3-5,8-9,11H2,(H,19,20)(H,21,22). The lowest BCUT2D eigenvalue weighted by Crippen LogP contribution is -2.40. The van der Waals surface area contributed by atoms with Crippen LogP contribution < -0.4 is 10.1 Å². The Bertz CT molecular complexity index is 564. The van der Waals surface area contributed by atoms with Gasteiger partial charge in [-0.3, -0.25) is 4.79 Å². The van der Waals surface area contributed by atoms with Crippen LogP contribution in [0.3, 0.4) is 0 Å². The first kappa shape index (κ1) is 17.1. The average Bonchev–Trinajstić information content (AvgIpc) is 3.04. The molecule has 1 unspecified atom stereocenters. The Morgan fingerprint density at radius 2 is 2.13 bits per heavy atom. The summed E-state index contributed by atoms with van der Waals surface area (Å²) in [7, 11) is 0. The number of aliphatic carboxylic acids is 1. The van der Waals surface area contributed by atoms with Gasteiger partial charge in [-0.1, -0.05) is 12.1 Å². The Labute approximate surface area is 136 Å². The van der Waals surface area contributed by atoms with Crippen LogP contribution in [0.5, 0.6) is 5.75 Å². The number of ether oxygens (including phenoxy) is 1. The number of carboxylic acids is 1. The number of hydrogen-bond donors (Lipinski definition) is 2. The van der Waals surface area contributed by atoms with Gasteiger partial charge in [0.15, 0.2) is 0 Å². The first-order valence-electron chi connectivity index (χ1n) is 8.01. The van der Waals surface area contributed by atoms with Gasteiger partial charge in [-0.25, -0.2) is 4.79 Å². The van der Waals surface area contributed by atoms with Crippen molar-refractivity contribution < 1.29 is 19.4 Å². The van der Waals surface area contributed by atoms with Crippen LogP contribution in [0.25, 0.3) is 0 Å². The topological polar surface area (TPSA) is 75.6 Å². The number of carbonyl (C=O) groups excluding carboxylic acids is 1. The fraction of sp³-hybridized carbons (Fsp3) is 0.444. The van der Waals surface area contributed by atoms with Gasteiger partial charge in [0.1, 0.15) is 11.8 Å². The van der Waals surface area contributed by atoms with Crippen LogP contribution in [-0.4, -0.2) is 29.1 Å². The van der Waals surface area contributed by atoms with Crippen LogP contribution in [0.2, 0.25) is 0 Å². The highest BCUT2D eigenvalue weighted by molar-refractivity contribution is 5.96. The van der Waals surface area contributed by atoms with Crippen molar-refractivity contribution in [2.75, 3.05) is 0 Å². The molecule has 1 atom stereocenters. The van der Waals surface area contributed by atoms with Crippen molar-refractivity contribution in [2.45, 2.75) is 50.7 Å². The van der Waals surface area contributed by atoms with Crippen LogP contribution in [-0.2, 0) is 4.79 Å². The number of hydrogen-bond acceptors (Lipinski definition) is 3. The third-order valence-electron chi connectivity index (χ3n) is 3.96. The molecule has 0 aromatic heterocycles. The lowest BCUT2D eigenvalue weighted by Gasteiger charge is -2.16. The van der Waals surface area contributed by atoms with Gasteiger partial charge >= 0.3 is 5.97 Å². The van der Waals surface area contributed by atoms with E-state index in [1.54, 1.807) is 24.3 Å². The van der Waals surface area contributed by atoms with Gasteiger partial charge in [-0.05, 0) is 56.7 Å². The molecule has 1 saturated carbocycles.